The Bertz CT molecular complexity index is 369. The SMILES string of the molecule is CN(Cc1cnn(C)c1)C(CO)C(N)C(C)(C)C. The summed E-state index contributed by atoms with van der Waals surface area (Å²) in [6, 6.07) is -0.130. The zero-order chi connectivity index (χ0) is 13.9. The molecule has 3 N–H and O–H groups in total. The maximum atomic E-state index is 9.57. The second kappa shape index (κ2) is 5.82. The number of aliphatic hydroxyl groups is 1. The number of aromatic nitrogens is 2. The lowest BCUT2D eigenvalue weighted by molar-refractivity contribution is 0.0843. The summed E-state index contributed by atoms with van der Waals surface area (Å²) >= 11 is 0. The molecule has 0 aliphatic heterocycles. The minimum Gasteiger partial charge on any atom is -0.395 e. The van der Waals surface area contributed by atoms with E-state index in [-0.39, 0.29) is 24.1 Å². The first-order valence-electron chi connectivity index (χ1n) is 6.30. The van der Waals surface area contributed by atoms with Crippen molar-refractivity contribution in [3.8, 4) is 0 Å². The molecule has 5 nitrogen and oxygen atoms in total. The van der Waals surface area contributed by atoms with Crippen molar-refractivity contribution < 1.29 is 5.11 Å². The molecule has 1 rings (SSSR count). The Morgan fingerprint density at radius 2 is 2.11 bits per heavy atom. The van der Waals surface area contributed by atoms with E-state index in [0.717, 1.165) is 12.1 Å². The molecule has 2 atom stereocenters. The fourth-order valence-corrected chi connectivity index (χ4v) is 2.06. The number of nitrogens with two attached hydrogens (primary N) is 1. The Balaban J connectivity index is 2.70. The van der Waals surface area contributed by atoms with E-state index in [1.807, 2.05) is 26.5 Å². The second-order valence-corrected chi connectivity index (χ2v) is 6.08. The van der Waals surface area contributed by atoms with Crippen LogP contribution in [0.5, 0.6) is 0 Å². The van der Waals surface area contributed by atoms with Crippen molar-refractivity contribution >= 4 is 0 Å². The van der Waals surface area contributed by atoms with Gasteiger partial charge < -0.3 is 10.8 Å². The largest absolute Gasteiger partial charge is 0.395 e. The van der Waals surface area contributed by atoms with Crippen LogP contribution in [0.25, 0.3) is 0 Å². The monoisotopic (exact) mass is 254 g/mol. The highest BCUT2D eigenvalue weighted by Gasteiger charge is 2.31. The normalized spacial score (nSPS) is 16.0. The Hall–Kier alpha value is -0.910. The van der Waals surface area contributed by atoms with Gasteiger partial charge in [0.15, 0.2) is 0 Å². The lowest BCUT2D eigenvalue weighted by Crippen LogP contribution is -2.54. The molecule has 0 saturated heterocycles. The Morgan fingerprint density at radius 3 is 2.50 bits per heavy atom. The van der Waals surface area contributed by atoms with E-state index in [9.17, 15) is 5.11 Å². The molecule has 0 aliphatic rings. The molecule has 0 aliphatic carbocycles. The molecule has 104 valence electrons. The summed E-state index contributed by atoms with van der Waals surface area (Å²) in [6.45, 7) is 7.09. The van der Waals surface area contributed by atoms with Crippen molar-refractivity contribution in [2.45, 2.75) is 39.4 Å². The molecular weight excluding hydrogens is 228 g/mol. The Kier molecular flexibility index (Phi) is 4.90. The first kappa shape index (κ1) is 15.1. The average molecular weight is 254 g/mol. The van der Waals surface area contributed by atoms with Gasteiger partial charge in [0, 0.05) is 37.4 Å². The van der Waals surface area contributed by atoms with Crippen molar-refractivity contribution in [1.29, 1.82) is 0 Å². The summed E-state index contributed by atoms with van der Waals surface area (Å²) in [5, 5.41) is 13.7. The lowest BCUT2D eigenvalue weighted by Gasteiger charge is -2.38. The third-order valence-electron chi connectivity index (χ3n) is 3.36. The number of likely N-dealkylation sites (N-methyl/N-ethyl adjacent to an activating group) is 1. The van der Waals surface area contributed by atoms with Gasteiger partial charge in [-0.15, -0.1) is 0 Å². The Labute approximate surface area is 110 Å². The van der Waals surface area contributed by atoms with Crippen molar-refractivity contribution in [3.05, 3.63) is 18.0 Å². The molecule has 0 bridgehead atoms. The minimum atomic E-state index is -0.0795. The molecule has 0 saturated carbocycles. The third kappa shape index (κ3) is 3.80. The fourth-order valence-electron chi connectivity index (χ4n) is 2.06. The van der Waals surface area contributed by atoms with Crippen LogP contribution in [0.1, 0.15) is 26.3 Å². The third-order valence-corrected chi connectivity index (χ3v) is 3.36. The van der Waals surface area contributed by atoms with Crippen LogP contribution in [0.3, 0.4) is 0 Å². The van der Waals surface area contributed by atoms with E-state index >= 15 is 0 Å². The molecule has 0 aromatic carbocycles. The number of nitrogens with zero attached hydrogens (tertiary/aromatic N) is 3. The summed E-state index contributed by atoms with van der Waals surface area (Å²) in [6.07, 6.45) is 3.82. The Morgan fingerprint density at radius 1 is 1.50 bits per heavy atom. The number of hydrogen-bond acceptors (Lipinski definition) is 4. The summed E-state index contributed by atoms with van der Waals surface area (Å²) < 4.78 is 1.78. The minimum absolute atomic E-state index is 0.0312. The quantitative estimate of drug-likeness (QED) is 0.807. The maximum absolute atomic E-state index is 9.57. The number of aliphatic hydroxyl groups excluding tert-OH is 1. The van der Waals surface area contributed by atoms with Gasteiger partial charge in [0.2, 0.25) is 0 Å². The summed E-state index contributed by atoms with van der Waals surface area (Å²) in [5.74, 6) is 0. The van der Waals surface area contributed by atoms with Crippen molar-refractivity contribution in [1.82, 2.24) is 14.7 Å². The molecule has 0 fully saturated rings. The van der Waals surface area contributed by atoms with Crippen LogP contribution in [0, 0.1) is 5.41 Å². The lowest BCUT2D eigenvalue weighted by atomic mass is 9.82. The van der Waals surface area contributed by atoms with E-state index in [4.69, 9.17) is 5.73 Å². The smallest absolute Gasteiger partial charge is 0.0602 e. The molecule has 18 heavy (non-hydrogen) atoms. The van der Waals surface area contributed by atoms with E-state index in [1.165, 1.54) is 0 Å². The molecule has 0 spiro atoms. The van der Waals surface area contributed by atoms with E-state index < -0.39 is 0 Å². The van der Waals surface area contributed by atoms with Gasteiger partial charge in [-0.1, -0.05) is 20.8 Å². The van der Waals surface area contributed by atoms with Gasteiger partial charge in [0.05, 0.1) is 12.8 Å². The number of rotatable bonds is 5. The molecule has 0 amide bonds. The predicted molar refractivity (Wildman–Crippen MR) is 73.0 cm³/mol. The van der Waals surface area contributed by atoms with Gasteiger partial charge in [-0.2, -0.15) is 5.10 Å². The predicted octanol–water partition coefficient (Wildman–Crippen LogP) is 0.586. The highest BCUT2D eigenvalue weighted by Crippen LogP contribution is 2.22. The first-order chi connectivity index (χ1) is 8.25. The fraction of sp³-hybridized carbons (Fsp3) is 0.769. The second-order valence-electron chi connectivity index (χ2n) is 6.08. The molecule has 1 aromatic rings. The molecule has 1 aromatic heterocycles. The van der Waals surface area contributed by atoms with Gasteiger partial charge in [-0.05, 0) is 12.5 Å². The molecule has 0 radical (unpaired) electrons. The van der Waals surface area contributed by atoms with E-state index in [1.54, 1.807) is 4.68 Å². The van der Waals surface area contributed by atoms with E-state index in [0.29, 0.717) is 0 Å². The van der Waals surface area contributed by atoms with E-state index in [2.05, 4.69) is 30.8 Å². The van der Waals surface area contributed by atoms with Gasteiger partial charge in [0.1, 0.15) is 0 Å². The number of hydrogen-bond donors (Lipinski definition) is 2. The number of aryl methyl sites for hydroxylation is 1. The van der Waals surface area contributed by atoms with Gasteiger partial charge in [0.25, 0.3) is 0 Å². The highest BCUT2D eigenvalue weighted by atomic mass is 16.3. The van der Waals surface area contributed by atoms with Gasteiger partial charge >= 0.3 is 0 Å². The molecular formula is C13H26N4O. The van der Waals surface area contributed by atoms with Gasteiger partial charge in [-0.3, -0.25) is 9.58 Å². The van der Waals surface area contributed by atoms with Crippen LogP contribution < -0.4 is 5.73 Å². The average Bonchev–Trinajstić information content (AvgIpc) is 2.63. The molecule has 2 unspecified atom stereocenters. The highest BCUT2D eigenvalue weighted by molar-refractivity contribution is 5.04. The standard InChI is InChI=1S/C13H26N4O/c1-13(2,3)12(14)11(9-18)16(4)7-10-6-15-17(5)8-10/h6,8,11-12,18H,7,9,14H2,1-5H3. The van der Waals surface area contributed by atoms with Crippen LogP contribution in [0.4, 0.5) is 0 Å². The zero-order valence-electron chi connectivity index (χ0n) is 12.1. The zero-order valence-corrected chi connectivity index (χ0v) is 12.1. The van der Waals surface area contributed by atoms with Crippen LogP contribution in [-0.4, -0.2) is 45.5 Å². The van der Waals surface area contributed by atoms with Crippen LogP contribution in [-0.2, 0) is 13.6 Å². The first-order valence-corrected chi connectivity index (χ1v) is 6.30. The van der Waals surface area contributed by atoms with Crippen LogP contribution in [0.2, 0.25) is 0 Å². The van der Waals surface area contributed by atoms with Crippen molar-refractivity contribution in [2.75, 3.05) is 13.7 Å². The van der Waals surface area contributed by atoms with Crippen LogP contribution >= 0.6 is 0 Å². The van der Waals surface area contributed by atoms with Gasteiger partial charge in [-0.25, -0.2) is 0 Å². The topological polar surface area (TPSA) is 67.3 Å². The summed E-state index contributed by atoms with van der Waals surface area (Å²) in [4.78, 5) is 2.09. The summed E-state index contributed by atoms with van der Waals surface area (Å²) in [5.41, 5.74) is 7.34. The molecule has 1 heterocycles. The maximum Gasteiger partial charge on any atom is 0.0602 e. The van der Waals surface area contributed by atoms with Crippen molar-refractivity contribution in [2.24, 2.45) is 18.2 Å². The van der Waals surface area contributed by atoms with Crippen molar-refractivity contribution in [3.63, 3.8) is 0 Å². The summed E-state index contributed by atoms with van der Waals surface area (Å²) in [7, 11) is 3.88. The van der Waals surface area contributed by atoms with Crippen LogP contribution in [0.15, 0.2) is 12.4 Å². The molecule has 5 heteroatoms.